The van der Waals surface area contributed by atoms with E-state index in [0.717, 1.165) is 48.9 Å². The lowest BCUT2D eigenvalue weighted by Crippen LogP contribution is -2.31. The molecule has 5 rings (SSSR count). The monoisotopic (exact) mass is 506 g/mol. The summed E-state index contributed by atoms with van der Waals surface area (Å²) in [4.78, 5) is 31.0. The van der Waals surface area contributed by atoms with E-state index in [4.69, 9.17) is 15.2 Å². The summed E-state index contributed by atoms with van der Waals surface area (Å²) in [6, 6.07) is 3.81. The lowest BCUT2D eigenvalue weighted by atomic mass is 9.99. The SMILES string of the molecule is CC(C)Oc1cc2c(OCC3CCC(=O)N3)ncc(-c3cnn(C4CCN(C)CC4)c3)c2cc1C(N)=O. The molecule has 1 aromatic carbocycles. The number of primary amides is 1. The molecule has 2 saturated heterocycles. The number of fused-ring (bicyclic) bond motifs is 1. The second-order valence-electron chi connectivity index (χ2n) is 10.3. The number of likely N-dealkylation sites (tertiary alicyclic amines) is 1. The molecule has 3 aromatic rings. The van der Waals surface area contributed by atoms with Crippen molar-refractivity contribution >= 4 is 22.6 Å². The van der Waals surface area contributed by atoms with E-state index in [1.807, 2.05) is 30.9 Å². The van der Waals surface area contributed by atoms with Gasteiger partial charge in [-0.3, -0.25) is 14.3 Å². The van der Waals surface area contributed by atoms with Crippen LogP contribution < -0.4 is 20.5 Å². The fourth-order valence-corrected chi connectivity index (χ4v) is 5.05. The smallest absolute Gasteiger partial charge is 0.252 e. The Morgan fingerprint density at radius 1 is 1.19 bits per heavy atom. The normalized spacial score (nSPS) is 18.9. The third-order valence-electron chi connectivity index (χ3n) is 7.06. The summed E-state index contributed by atoms with van der Waals surface area (Å²) in [7, 11) is 2.14. The zero-order valence-electron chi connectivity index (χ0n) is 21.6. The predicted molar refractivity (Wildman–Crippen MR) is 140 cm³/mol. The molecule has 10 heteroatoms. The van der Waals surface area contributed by atoms with Gasteiger partial charge in [0, 0.05) is 35.3 Å². The third-order valence-corrected chi connectivity index (χ3v) is 7.06. The minimum Gasteiger partial charge on any atom is -0.490 e. The van der Waals surface area contributed by atoms with Crippen molar-refractivity contribution in [3.8, 4) is 22.8 Å². The van der Waals surface area contributed by atoms with E-state index in [1.54, 1.807) is 18.3 Å². The van der Waals surface area contributed by atoms with Crippen molar-refractivity contribution in [2.24, 2.45) is 5.73 Å². The summed E-state index contributed by atoms with van der Waals surface area (Å²) in [5, 5.41) is 9.05. The van der Waals surface area contributed by atoms with Crippen molar-refractivity contribution < 1.29 is 19.1 Å². The van der Waals surface area contributed by atoms with Crippen LogP contribution in [0.4, 0.5) is 0 Å². The Bertz CT molecular complexity index is 1310. The van der Waals surface area contributed by atoms with Crippen molar-refractivity contribution in [3.05, 3.63) is 36.3 Å². The Morgan fingerprint density at radius 2 is 1.97 bits per heavy atom. The number of benzene rings is 1. The zero-order valence-corrected chi connectivity index (χ0v) is 21.6. The first-order chi connectivity index (χ1) is 17.8. The molecule has 4 heterocycles. The van der Waals surface area contributed by atoms with Crippen molar-refractivity contribution in [3.63, 3.8) is 0 Å². The molecule has 1 unspecified atom stereocenters. The highest BCUT2D eigenvalue weighted by Gasteiger charge is 2.24. The second-order valence-corrected chi connectivity index (χ2v) is 10.3. The van der Waals surface area contributed by atoms with Gasteiger partial charge in [0.25, 0.3) is 5.91 Å². The Labute approximate surface area is 216 Å². The standard InChI is InChI=1S/C27H34N6O4/c1-16(2)37-24-11-21-20(10-22(24)26(28)35)23(13-29-27(21)36-15-18-4-5-25(34)31-18)17-12-30-33(14-17)19-6-8-32(3)9-7-19/h10-14,16,18-19H,4-9,15H2,1-3H3,(H2,28,35)(H,31,34). The first-order valence-electron chi connectivity index (χ1n) is 12.9. The Hall–Kier alpha value is -3.66. The number of pyridine rings is 1. The number of nitrogens with one attached hydrogen (secondary N) is 1. The number of amides is 2. The van der Waals surface area contributed by atoms with E-state index in [1.165, 1.54) is 0 Å². The van der Waals surface area contributed by atoms with Gasteiger partial charge in [0.1, 0.15) is 12.4 Å². The predicted octanol–water partition coefficient (Wildman–Crippen LogP) is 2.91. The quantitative estimate of drug-likeness (QED) is 0.481. The van der Waals surface area contributed by atoms with E-state index in [9.17, 15) is 9.59 Å². The number of hydrogen-bond acceptors (Lipinski definition) is 7. The van der Waals surface area contributed by atoms with E-state index in [2.05, 4.69) is 27.3 Å². The van der Waals surface area contributed by atoms with Gasteiger partial charge in [0.15, 0.2) is 0 Å². The van der Waals surface area contributed by atoms with E-state index in [0.29, 0.717) is 41.6 Å². The molecule has 37 heavy (non-hydrogen) atoms. The Morgan fingerprint density at radius 3 is 2.65 bits per heavy atom. The number of carbonyl (C=O) groups is 2. The van der Waals surface area contributed by atoms with Crippen LogP contribution in [-0.2, 0) is 4.79 Å². The van der Waals surface area contributed by atoms with Crippen LogP contribution in [0.5, 0.6) is 11.6 Å². The summed E-state index contributed by atoms with van der Waals surface area (Å²) in [5.41, 5.74) is 7.78. The number of piperidine rings is 1. The Kier molecular flexibility index (Phi) is 7.01. The zero-order chi connectivity index (χ0) is 26.1. The molecule has 2 amide bonds. The molecule has 196 valence electrons. The number of carbonyl (C=O) groups excluding carboxylic acids is 2. The molecule has 10 nitrogen and oxygen atoms in total. The molecular weight excluding hydrogens is 472 g/mol. The summed E-state index contributed by atoms with van der Waals surface area (Å²) in [6.45, 7) is 6.17. The maximum atomic E-state index is 12.4. The first-order valence-corrected chi connectivity index (χ1v) is 12.9. The first kappa shape index (κ1) is 25.0. The molecule has 2 aliphatic heterocycles. The van der Waals surface area contributed by atoms with Gasteiger partial charge in [-0.1, -0.05) is 0 Å². The molecule has 0 aliphatic carbocycles. The summed E-state index contributed by atoms with van der Waals surface area (Å²) < 4.78 is 14.1. The lowest BCUT2D eigenvalue weighted by Gasteiger charge is -2.28. The highest BCUT2D eigenvalue weighted by Crippen LogP contribution is 2.38. The molecule has 3 N–H and O–H groups in total. The van der Waals surface area contributed by atoms with Gasteiger partial charge in [-0.15, -0.1) is 0 Å². The molecule has 2 aliphatic rings. The summed E-state index contributed by atoms with van der Waals surface area (Å²) in [6.07, 6.45) is 8.78. The van der Waals surface area contributed by atoms with Crippen LogP contribution in [0, 0.1) is 0 Å². The fourth-order valence-electron chi connectivity index (χ4n) is 5.05. The molecule has 2 aromatic heterocycles. The van der Waals surface area contributed by atoms with Gasteiger partial charge >= 0.3 is 0 Å². The number of hydrogen-bond donors (Lipinski definition) is 2. The number of ether oxygens (including phenoxy) is 2. The third kappa shape index (κ3) is 5.39. The molecule has 0 radical (unpaired) electrons. The van der Waals surface area contributed by atoms with Gasteiger partial charge in [0.2, 0.25) is 11.8 Å². The minimum absolute atomic E-state index is 0.0297. The molecule has 0 bridgehead atoms. The van der Waals surface area contributed by atoms with Crippen LogP contribution in [-0.4, -0.2) is 70.4 Å². The number of rotatable bonds is 8. The minimum atomic E-state index is -0.571. The highest BCUT2D eigenvalue weighted by atomic mass is 16.5. The number of nitrogens with zero attached hydrogens (tertiary/aromatic N) is 4. The summed E-state index contributed by atoms with van der Waals surface area (Å²) in [5.74, 6) is 0.253. The highest BCUT2D eigenvalue weighted by molar-refractivity contribution is 6.06. The lowest BCUT2D eigenvalue weighted by molar-refractivity contribution is -0.119. The largest absolute Gasteiger partial charge is 0.490 e. The van der Waals surface area contributed by atoms with E-state index in [-0.39, 0.29) is 18.1 Å². The van der Waals surface area contributed by atoms with Gasteiger partial charge in [-0.05, 0) is 70.8 Å². The second kappa shape index (κ2) is 10.4. The topological polar surface area (TPSA) is 125 Å². The van der Waals surface area contributed by atoms with Crippen LogP contribution in [0.3, 0.4) is 0 Å². The van der Waals surface area contributed by atoms with Crippen molar-refractivity contribution in [2.45, 2.75) is 57.7 Å². The maximum absolute atomic E-state index is 12.4. The molecule has 0 spiro atoms. The van der Waals surface area contributed by atoms with Crippen LogP contribution >= 0.6 is 0 Å². The average Bonchev–Trinajstić information content (AvgIpc) is 3.51. The van der Waals surface area contributed by atoms with E-state index < -0.39 is 5.91 Å². The van der Waals surface area contributed by atoms with Crippen molar-refractivity contribution in [1.82, 2.24) is 25.0 Å². The van der Waals surface area contributed by atoms with Gasteiger partial charge in [-0.25, -0.2) is 4.98 Å². The van der Waals surface area contributed by atoms with Crippen LogP contribution in [0.1, 0.15) is 55.9 Å². The van der Waals surface area contributed by atoms with Gasteiger partial charge in [-0.2, -0.15) is 5.10 Å². The van der Waals surface area contributed by atoms with Crippen LogP contribution in [0.25, 0.3) is 21.9 Å². The van der Waals surface area contributed by atoms with Crippen LogP contribution in [0.15, 0.2) is 30.7 Å². The van der Waals surface area contributed by atoms with Gasteiger partial charge < -0.3 is 25.4 Å². The fraction of sp³-hybridized carbons (Fsp3) is 0.481. The molecule has 2 fully saturated rings. The number of aromatic nitrogens is 3. The van der Waals surface area contributed by atoms with Crippen LogP contribution in [0.2, 0.25) is 0 Å². The van der Waals surface area contributed by atoms with Crippen molar-refractivity contribution in [1.29, 1.82) is 0 Å². The number of nitrogens with two attached hydrogens (primary N) is 1. The summed E-state index contributed by atoms with van der Waals surface area (Å²) >= 11 is 0. The van der Waals surface area contributed by atoms with Gasteiger partial charge in [0.05, 0.1) is 29.9 Å². The van der Waals surface area contributed by atoms with E-state index >= 15 is 0 Å². The molecular formula is C27H34N6O4. The Balaban J connectivity index is 1.55. The maximum Gasteiger partial charge on any atom is 0.252 e. The molecule has 1 atom stereocenters. The average molecular weight is 507 g/mol. The molecule has 0 saturated carbocycles. The van der Waals surface area contributed by atoms with Crippen molar-refractivity contribution in [2.75, 3.05) is 26.7 Å².